The first-order valence-corrected chi connectivity index (χ1v) is 10.4. The summed E-state index contributed by atoms with van der Waals surface area (Å²) >= 11 is 3.37. The first kappa shape index (κ1) is 19.1. The van der Waals surface area contributed by atoms with Crippen LogP contribution in [-0.4, -0.2) is 14.3 Å². The summed E-state index contributed by atoms with van der Waals surface area (Å²) in [7, 11) is -3.81. The molecule has 0 radical (unpaired) electrons. The quantitative estimate of drug-likeness (QED) is 0.592. The second-order valence-electron chi connectivity index (χ2n) is 5.94. The smallest absolute Gasteiger partial charge is 0.261 e. The minimum Gasteiger partial charge on any atom is -0.321 e. The molecule has 27 heavy (non-hydrogen) atoms. The van der Waals surface area contributed by atoms with E-state index in [2.05, 4.69) is 26.0 Å². The topological polar surface area (TPSA) is 75.3 Å². The highest BCUT2D eigenvalue weighted by molar-refractivity contribution is 9.10. The lowest BCUT2D eigenvalue weighted by molar-refractivity contribution is 0.102. The lowest BCUT2D eigenvalue weighted by Crippen LogP contribution is -2.16. The summed E-state index contributed by atoms with van der Waals surface area (Å²) in [6.07, 6.45) is 0. The van der Waals surface area contributed by atoms with Crippen LogP contribution in [0, 0.1) is 6.92 Å². The Bertz CT molecular complexity index is 1100. The number of sulfonamides is 1. The monoisotopic (exact) mass is 444 g/mol. The van der Waals surface area contributed by atoms with Crippen LogP contribution in [-0.2, 0) is 10.0 Å². The van der Waals surface area contributed by atoms with E-state index in [4.69, 9.17) is 0 Å². The van der Waals surface area contributed by atoms with Crippen molar-refractivity contribution in [2.24, 2.45) is 0 Å². The van der Waals surface area contributed by atoms with E-state index in [0.29, 0.717) is 11.4 Å². The second-order valence-corrected chi connectivity index (χ2v) is 8.47. The van der Waals surface area contributed by atoms with Gasteiger partial charge in [0.05, 0.1) is 10.6 Å². The number of hydrogen-bond donors (Lipinski definition) is 2. The molecule has 2 N–H and O–H groups in total. The van der Waals surface area contributed by atoms with Crippen LogP contribution in [0.4, 0.5) is 11.4 Å². The number of benzene rings is 3. The van der Waals surface area contributed by atoms with Gasteiger partial charge in [-0.05, 0) is 70.9 Å². The zero-order valence-corrected chi connectivity index (χ0v) is 16.8. The standard InChI is InChI=1S/C20H17BrN2O3S/c1-14-6-4-8-16(12-14)23-27(25,26)17-9-5-7-15(13-17)20(24)22-19-11-3-2-10-18(19)21/h2-13,23H,1H3,(H,22,24). The maximum atomic E-state index is 12.6. The molecule has 0 bridgehead atoms. The van der Waals surface area contributed by atoms with Crippen LogP contribution in [0.25, 0.3) is 0 Å². The molecule has 0 spiro atoms. The lowest BCUT2D eigenvalue weighted by atomic mass is 10.2. The first-order valence-electron chi connectivity index (χ1n) is 8.10. The fourth-order valence-corrected chi connectivity index (χ4v) is 3.96. The van der Waals surface area contributed by atoms with E-state index < -0.39 is 15.9 Å². The van der Waals surface area contributed by atoms with E-state index >= 15 is 0 Å². The van der Waals surface area contributed by atoms with Gasteiger partial charge in [-0.2, -0.15) is 0 Å². The van der Waals surface area contributed by atoms with Gasteiger partial charge < -0.3 is 5.32 Å². The number of amides is 1. The Morgan fingerprint density at radius 1 is 0.926 bits per heavy atom. The molecule has 3 rings (SSSR count). The Morgan fingerprint density at radius 3 is 2.41 bits per heavy atom. The molecule has 0 saturated carbocycles. The van der Waals surface area contributed by atoms with Gasteiger partial charge in [0.15, 0.2) is 0 Å². The van der Waals surface area contributed by atoms with Crippen LogP contribution in [0.5, 0.6) is 0 Å². The van der Waals surface area contributed by atoms with Gasteiger partial charge >= 0.3 is 0 Å². The van der Waals surface area contributed by atoms with Crippen LogP contribution < -0.4 is 10.0 Å². The van der Waals surface area contributed by atoms with Crippen molar-refractivity contribution in [2.45, 2.75) is 11.8 Å². The summed E-state index contributed by atoms with van der Waals surface area (Å²) < 4.78 is 28.6. The fourth-order valence-electron chi connectivity index (χ4n) is 2.48. The van der Waals surface area contributed by atoms with Gasteiger partial charge in [0, 0.05) is 15.7 Å². The predicted octanol–water partition coefficient (Wildman–Crippen LogP) is 4.81. The number of hydrogen-bond acceptors (Lipinski definition) is 3. The fraction of sp³-hybridized carbons (Fsp3) is 0.0500. The predicted molar refractivity (Wildman–Crippen MR) is 111 cm³/mol. The van der Waals surface area contributed by atoms with Crippen molar-refractivity contribution in [3.05, 3.63) is 88.4 Å². The number of aryl methyl sites for hydroxylation is 1. The summed E-state index contributed by atoms with van der Waals surface area (Å²) in [5, 5.41) is 2.76. The summed E-state index contributed by atoms with van der Waals surface area (Å²) in [6.45, 7) is 1.88. The SMILES string of the molecule is Cc1cccc(NS(=O)(=O)c2cccc(C(=O)Nc3ccccc3Br)c2)c1. The third kappa shape index (κ3) is 4.75. The van der Waals surface area contributed by atoms with Gasteiger partial charge in [-0.25, -0.2) is 8.42 Å². The van der Waals surface area contributed by atoms with Crippen LogP contribution in [0.2, 0.25) is 0 Å². The summed E-state index contributed by atoms with van der Waals surface area (Å²) in [5.74, 6) is -0.394. The molecule has 3 aromatic carbocycles. The van der Waals surface area contributed by atoms with Crippen molar-refractivity contribution in [2.75, 3.05) is 10.0 Å². The van der Waals surface area contributed by atoms with E-state index in [1.807, 2.05) is 25.1 Å². The number of carbonyl (C=O) groups excluding carboxylic acids is 1. The number of carbonyl (C=O) groups is 1. The summed E-state index contributed by atoms with van der Waals surface area (Å²) in [6, 6.07) is 20.2. The molecule has 0 aromatic heterocycles. The van der Waals surface area contributed by atoms with Gasteiger partial charge in [0.1, 0.15) is 0 Å². The zero-order valence-electron chi connectivity index (χ0n) is 14.4. The minimum atomic E-state index is -3.81. The molecule has 138 valence electrons. The Hall–Kier alpha value is -2.64. The highest BCUT2D eigenvalue weighted by Gasteiger charge is 2.17. The van der Waals surface area contributed by atoms with E-state index in [1.165, 1.54) is 12.1 Å². The highest BCUT2D eigenvalue weighted by Crippen LogP contribution is 2.23. The largest absolute Gasteiger partial charge is 0.321 e. The third-order valence-electron chi connectivity index (χ3n) is 3.80. The van der Waals surface area contributed by atoms with Crippen molar-refractivity contribution in [1.29, 1.82) is 0 Å². The molecule has 0 saturated heterocycles. The molecule has 1 amide bonds. The lowest BCUT2D eigenvalue weighted by Gasteiger charge is -2.11. The molecule has 3 aromatic rings. The molecule has 5 nitrogen and oxygen atoms in total. The Labute approximate surface area is 166 Å². The van der Waals surface area contributed by atoms with Crippen LogP contribution in [0.1, 0.15) is 15.9 Å². The number of rotatable bonds is 5. The van der Waals surface area contributed by atoms with Gasteiger partial charge in [-0.15, -0.1) is 0 Å². The third-order valence-corrected chi connectivity index (χ3v) is 5.87. The van der Waals surface area contributed by atoms with E-state index in [1.54, 1.807) is 42.5 Å². The van der Waals surface area contributed by atoms with Crippen molar-refractivity contribution in [3.63, 3.8) is 0 Å². The Morgan fingerprint density at radius 2 is 1.67 bits per heavy atom. The molecule has 0 aliphatic carbocycles. The van der Waals surface area contributed by atoms with E-state index in [0.717, 1.165) is 10.0 Å². The van der Waals surface area contributed by atoms with Gasteiger partial charge in [0.25, 0.3) is 15.9 Å². The molecule has 0 atom stereocenters. The van der Waals surface area contributed by atoms with Gasteiger partial charge in [0.2, 0.25) is 0 Å². The highest BCUT2D eigenvalue weighted by atomic mass is 79.9. The van der Waals surface area contributed by atoms with Crippen molar-refractivity contribution < 1.29 is 13.2 Å². The number of halogens is 1. The average molecular weight is 445 g/mol. The Balaban J connectivity index is 1.84. The first-order chi connectivity index (χ1) is 12.8. The number of para-hydroxylation sites is 1. The number of nitrogens with one attached hydrogen (secondary N) is 2. The maximum Gasteiger partial charge on any atom is 0.261 e. The molecule has 7 heteroatoms. The van der Waals surface area contributed by atoms with E-state index in [-0.39, 0.29) is 10.5 Å². The summed E-state index contributed by atoms with van der Waals surface area (Å²) in [4.78, 5) is 12.5. The maximum absolute atomic E-state index is 12.6. The van der Waals surface area contributed by atoms with Crippen molar-refractivity contribution >= 4 is 43.2 Å². The van der Waals surface area contributed by atoms with Gasteiger partial charge in [-0.1, -0.05) is 30.3 Å². The molecule has 0 aliphatic heterocycles. The van der Waals surface area contributed by atoms with Crippen LogP contribution >= 0.6 is 15.9 Å². The second kappa shape index (κ2) is 7.94. The molecule has 0 fully saturated rings. The molecule has 0 aliphatic rings. The average Bonchev–Trinajstić information content (AvgIpc) is 2.63. The van der Waals surface area contributed by atoms with E-state index in [9.17, 15) is 13.2 Å². The minimum absolute atomic E-state index is 0.0174. The van der Waals surface area contributed by atoms with Crippen molar-refractivity contribution in [1.82, 2.24) is 0 Å². The normalized spacial score (nSPS) is 11.0. The molecular weight excluding hydrogens is 428 g/mol. The molecular formula is C20H17BrN2O3S. The summed E-state index contributed by atoms with van der Waals surface area (Å²) in [5.41, 5.74) is 2.27. The van der Waals surface area contributed by atoms with Crippen molar-refractivity contribution in [3.8, 4) is 0 Å². The Kier molecular flexibility index (Phi) is 5.62. The molecule has 0 unspecified atom stereocenters. The zero-order chi connectivity index (χ0) is 19.4. The number of anilines is 2. The van der Waals surface area contributed by atoms with Gasteiger partial charge in [-0.3, -0.25) is 9.52 Å². The molecule has 0 heterocycles. The van der Waals surface area contributed by atoms with Crippen LogP contribution in [0.15, 0.2) is 82.2 Å². The van der Waals surface area contributed by atoms with Crippen LogP contribution in [0.3, 0.4) is 0 Å².